The molecule has 0 spiro atoms. The van der Waals surface area contributed by atoms with E-state index in [9.17, 15) is 26.3 Å². The Bertz CT molecular complexity index is 377. The molecule has 0 unspecified atom stereocenters. The van der Waals surface area contributed by atoms with E-state index in [4.69, 9.17) is 10.2 Å². The summed E-state index contributed by atoms with van der Waals surface area (Å²) in [5.74, 6) is -1.63. The van der Waals surface area contributed by atoms with Crippen molar-refractivity contribution >= 4 is 8.32 Å². The average molecular weight is 379 g/mol. The predicted molar refractivity (Wildman–Crippen MR) is 83.1 cm³/mol. The summed E-state index contributed by atoms with van der Waals surface area (Å²) in [5.41, 5.74) is 1.59. The van der Waals surface area contributed by atoms with Gasteiger partial charge in [-0.15, -0.1) is 0 Å². The second-order valence-electron chi connectivity index (χ2n) is 6.69. The van der Waals surface area contributed by atoms with Crippen molar-refractivity contribution < 1.29 is 30.8 Å². The lowest BCUT2D eigenvalue weighted by Crippen LogP contribution is -2.68. The maximum Gasteiger partial charge on any atom is 0.425 e. The van der Waals surface area contributed by atoms with E-state index < -0.39 is 32.2 Å². The molecule has 2 N–H and O–H groups in total. The summed E-state index contributed by atoms with van der Waals surface area (Å²) >= 11 is 0. The van der Waals surface area contributed by atoms with Gasteiger partial charge in [-0.3, -0.25) is 0 Å². The quantitative estimate of drug-likeness (QED) is 0.496. The summed E-state index contributed by atoms with van der Waals surface area (Å²) in [7, 11) is -3.14. The van der Waals surface area contributed by atoms with Crippen molar-refractivity contribution in [1.29, 1.82) is 0 Å². The van der Waals surface area contributed by atoms with Crippen LogP contribution in [-0.2, 0) is 4.43 Å². The van der Waals surface area contributed by atoms with Crippen LogP contribution in [0.25, 0.3) is 0 Å². The van der Waals surface area contributed by atoms with Crippen molar-refractivity contribution in [1.82, 2.24) is 0 Å². The number of nitrogens with two attached hydrogens (primary N) is 1. The minimum absolute atomic E-state index is 0.154. The molecule has 2 nitrogen and oxygen atoms in total. The highest BCUT2D eigenvalue weighted by molar-refractivity contribution is 6.73. The third kappa shape index (κ3) is 3.93. The molecule has 0 bridgehead atoms. The second kappa shape index (κ2) is 7.53. The Kier molecular flexibility index (Phi) is 6.83. The lowest BCUT2D eigenvalue weighted by atomic mass is 9.74. The first-order valence-corrected chi connectivity index (χ1v) is 11.0. The molecule has 0 radical (unpaired) electrons. The van der Waals surface area contributed by atoms with Gasteiger partial charge in [0.15, 0.2) is 8.32 Å². The van der Waals surface area contributed by atoms with Gasteiger partial charge in [-0.2, -0.15) is 26.3 Å². The molecule has 0 aliphatic heterocycles. The first-order chi connectivity index (χ1) is 10.9. The van der Waals surface area contributed by atoms with Crippen LogP contribution in [0.5, 0.6) is 0 Å². The normalized spacial score (nSPS) is 24.2. The summed E-state index contributed by atoms with van der Waals surface area (Å²) in [6.45, 7) is 4.86. The van der Waals surface area contributed by atoms with Crippen LogP contribution in [0.1, 0.15) is 46.5 Å². The van der Waals surface area contributed by atoms with Crippen molar-refractivity contribution in [3.8, 4) is 0 Å². The molecule has 1 aliphatic carbocycles. The lowest BCUT2D eigenvalue weighted by Gasteiger charge is -2.49. The molecule has 0 aromatic heterocycles. The number of hydrogen-bond acceptors (Lipinski definition) is 2. The molecular formula is C15H27F6NOSi. The molecule has 0 saturated heterocycles. The van der Waals surface area contributed by atoms with Crippen LogP contribution in [0.3, 0.4) is 0 Å². The second-order valence-corrected chi connectivity index (χ2v) is 11.4. The molecule has 0 atom stereocenters. The third-order valence-corrected chi connectivity index (χ3v) is 10.1. The highest BCUT2D eigenvalue weighted by Crippen LogP contribution is 2.55. The molecule has 1 aliphatic rings. The van der Waals surface area contributed by atoms with Gasteiger partial charge in [-0.05, 0) is 43.8 Å². The van der Waals surface area contributed by atoms with Crippen molar-refractivity contribution in [3.63, 3.8) is 0 Å². The monoisotopic (exact) mass is 379 g/mol. The smallest absolute Gasteiger partial charge is 0.396 e. The molecule has 0 heterocycles. The van der Waals surface area contributed by atoms with Crippen molar-refractivity contribution in [2.75, 3.05) is 0 Å². The number of rotatable bonds is 6. The fourth-order valence-corrected chi connectivity index (χ4v) is 6.67. The fraction of sp³-hybridized carbons (Fsp3) is 1.00. The van der Waals surface area contributed by atoms with Gasteiger partial charge in [-0.25, -0.2) is 0 Å². The summed E-state index contributed by atoms with van der Waals surface area (Å²) in [6.07, 6.45) is -11.1. The van der Waals surface area contributed by atoms with Gasteiger partial charge >= 0.3 is 12.4 Å². The molecule has 24 heavy (non-hydrogen) atoms. The zero-order valence-electron chi connectivity index (χ0n) is 14.4. The highest BCUT2D eigenvalue weighted by Gasteiger charge is 2.76. The molecule has 9 heteroatoms. The summed E-state index contributed by atoms with van der Waals surface area (Å²) in [6, 6.07) is 0.325. The molecule has 0 aromatic carbocycles. The Hall–Kier alpha value is -0.283. The van der Waals surface area contributed by atoms with E-state index in [2.05, 4.69) is 0 Å². The van der Waals surface area contributed by atoms with Gasteiger partial charge < -0.3 is 10.2 Å². The number of halogens is 6. The van der Waals surface area contributed by atoms with E-state index in [0.29, 0.717) is 0 Å². The van der Waals surface area contributed by atoms with E-state index >= 15 is 0 Å². The Morgan fingerprint density at radius 2 is 1.21 bits per heavy atom. The topological polar surface area (TPSA) is 35.2 Å². The van der Waals surface area contributed by atoms with Crippen LogP contribution in [0.2, 0.25) is 18.1 Å². The van der Waals surface area contributed by atoms with Crippen LogP contribution >= 0.6 is 0 Å². The largest absolute Gasteiger partial charge is 0.425 e. The maximum absolute atomic E-state index is 13.8. The highest BCUT2D eigenvalue weighted by atomic mass is 28.4. The molecule has 1 fully saturated rings. The first-order valence-electron chi connectivity index (χ1n) is 8.48. The van der Waals surface area contributed by atoms with Crippen molar-refractivity contribution in [3.05, 3.63) is 0 Å². The van der Waals surface area contributed by atoms with Crippen LogP contribution < -0.4 is 5.73 Å². The zero-order chi connectivity index (χ0) is 18.8. The van der Waals surface area contributed by atoms with Gasteiger partial charge in [0.1, 0.15) is 0 Å². The van der Waals surface area contributed by atoms with Crippen molar-refractivity contribution in [2.24, 2.45) is 11.7 Å². The number of hydrogen-bond donors (Lipinski definition) is 1. The Balaban J connectivity index is 3.43. The third-order valence-electron chi connectivity index (χ3n) is 5.50. The SMILES string of the molecule is CC[Si](CC)(CC)OC([C@H]1CC[C@@H](N)CC1)(C(F)(F)F)C(F)(F)F. The number of alkyl halides is 6. The Morgan fingerprint density at radius 3 is 1.50 bits per heavy atom. The minimum atomic E-state index is -5.50. The van der Waals surface area contributed by atoms with E-state index in [0.717, 1.165) is 0 Å². The molecule has 1 rings (SSSR count). The predicted octanol–water partition coefficient (Wildman–Crippen LogP) is 5.39. The van der Waals surface area contributed by atoms with Crippen LogP contribution in [0.15, 0.2) is 0 Å². The standard InChI is InChI=1S/C15H27F6NOSi/c1-4-24(5-2,6-3)23-13(14(16,17)18,15(19,20)21)11-7-9-12(22)10-8-11/h11-12H,4-10,22H2,1-3H3/t11-,12+. The summed E-state index contributed by atoms with van der Waals surface area (Å²) in [4.78, 5) is 0. The molecule has 0 aromatic rings. The maximum atomic E-state index is 13.8. The van der Waals surface area contributed by atoms with Crippen LogP contribution in [0, 0.1) is 5.92 Å². The summed E-state index contributed by atoms with van der Waals surface area (Å²) < 4.78 is 88.3. The Labute approximate surface area is 140 Å². The van der Waals surface area contributed by atoms with Gasteiger partial charge in [0, 0.05) is 12.0 Å². The summed E-state index contributed by atoms with van der Waals surface area (Å²) in [5, 5.41) is 0. The Morgan fingerprint density at radius 1 is 0.833 bits per heavy atom. The van der Waals surface area contributed by atoms with Crippen molar-refractivity contribution in [2.45, 2.75) is 88.6 Å². The van der Waals surface area contributed by atoms with Gasteiger partial charge in [0.25, 0.3) is 5.60 Å². The fourth-order valence-electron chi connectivity index (χ4n) is 3.66. The van der Waals surface area contributed by atoms with Crippen LogP contribution in [-0.4, -0.2) is 32.3 Å². The molecule has 1 saturated carbocycles. The average Bonchev–Trinajstić information content (AvgIpc) is 2.48. The molecule has 144 valence electrons. The van der Waals surface area contributed by atoms with E-state index in [-0.39, 0.29) is 49.9 Å². The zero-order valence-corrected chi connectivity index (χ0v) is 15.4. The van der Waals surface area contributed by atoms with E-state index in [1.807, 2.05) is 0 Å². The van der Waals surface area contributed by atoms with Gasteiger partial charge in [0.2, 0.25) is 0 Å². The first kappa shape index (κ1) is 21.8. The van der Waals surface area contributed by atoms with Gasteiger partial charge in [0.05, 0.1) is 0 Å². The van der Waals surface area contributed by atoms with Gasteiger partial charge in [-0.1, -0.05) is 20.8 Å². The van der Waals surface area contributed by atoms with Crippen LogP contribution in [0.4, 0.5) is 26.3 Å². The lowest BCUT2D eigenvalue weighted by molar-refractivity contribution is -0.380. The van der Waals surface area contributed by atoms with E-state index in [1.165, 1.54) is 0 Å². The van der Waals surface area contributed by atoms with E-state index in [1.54, 1.807) is 20.8 Å². The molecular weight excluding hydrogens is 352 g/mol. The minimum Gasteiger partial charge on any atom is -0.396 e. The molecule has 0 amide bonds.